The lowest BCUT2D eigenvalue weighted by molar-refractivity contribution is -0.122. The summed E-state index contributed by atoms with van der Waals surface area (Å²) < 4.78 is 0. The second kappa shape index (κ2) is 7.41. The summed E-state index contributed by atoms with van der Waals surface area (Å²) in [6.45, 7) is 6.86. The van der Waals surface area contributed by atoms with E-state index in [1.54, 1.807) is 7.05 Å². The first kappa shape index (κ1) is 15.8. The highest BCUT2D eigenvalue weighted by Gasteiger charge is 2.29. The molecule has 0 bridgehead atoms. The average molecular weight is 290 g/mol. The van der Waals surface area contributed by atoms with Gasteiger partial charge in [0.2, 0.25) is 5.91 Å². The van der Waals surface area contributed by atoms with Gasteiger partial charge in [-0.2, -0.15) is 0 Å². The zero-order chi connectivity index (χ0) is 15.2. The number of nitrogens with zero attached hydrogens (tertiary/aromatic N) is 2. The van der Waals surface area contributed by atoms with Crippen molar-refractivity contribution < 1.29 is 4.79 Å². The normalized spacial score (nSPS) is 18.6. The minimum Gasteiger partial charge on any atom is -0.357 e. The molecule has 0 aromatic carbocycles. The minimum absolute atomic E-state index is 0.0884. The quantitative estimate of drug-likeness (QED) is 0.865. The van der Waals surface area contributed by atoms with Gasteiger partial charge in [0.25, 0.3) is 0 Å². The second-order valence-corrected chi connectivity index (χ2v) is 5.58. The predicted molar refractivity (Wildman–Crippen MR) is 85.4 cm³/mol. The maximum absolute atomic E-state index is 12.1. The van der Waals surface area contributed by atoms with Crippen LogP contribution in [0.2, 0.25) is 0 Å². The molecule has 1 fully saturated rings. The molecule has 1 amide bonds. The van der Waals surface area contributed by atoms with Crippen LogP contribution in [0.1, 0.15) is 37.3 Å². The number of piperidine rings is 1. The molecule has 1 saturated heterocycles. The topological polar surface area (TPSA) is 57.3 Å². The number of nitrogens with one attached hydrogen (secondary N) is 2. The maximum atomic E-state index is 12.1. The van der Waals surface area contributed by atoms with Gasteiger partial charge in [-0.15, -0.1) is 0 Å². The van der Waals surface area contributed by atoms with E-state index in [9.17, 15) is 4.79 Å². The Morgan fingerprint density at radius 1 is 1.48 bits per heavy atom. The first-order chi connectivity index (χ1) is 10.2. The zero-order valence-corrected chi connectivity index (χ0v) is 13.3. The fraction of sp³-hybridized carbons (Fsp3) is 0.625. The highest BCUT2D eigenvalue weighted by molar-refractivity contribution is 5.85. The molecule has 5 heteroatoms. The molecule has 5 nitrogen and oxygen atoms in total. The summed E-state index contributed by atoms with van der Waals surface area (Å²) in [5, 5.41) is 6.08. The van der Waals surface area contributed by atoms with Crippen molar-refractivity contribution in [2.75, 3.05) is 25.0 Å². The summed E-state index contributed by atoms with van der Waals surface area (Å²) in [4.78, 5) is 18.9. The van der Waals surface area contributed by atoms with Crippen LogP contribution in [0.15, 0.2) is 12.3 Å². The van der Waals surface area contributed by atoms with Crippen LogP contribution in [0, 0.1) is 6.92 Å². The van der Waals surface area contributed by atoms with E-state index < -0.39 is 0 Å². The monoisotopic (exact) mass is 290 g/mol. The van der Waals surface area contributed by atoms with Gasteiger partial charge in [-0.1, -0.05) is 6.92 Å². The van der Waals surface area contributed by atoms with Gasteiger partial charge in [-0.3, -0.25) is 4.79 Å². The van der Waals surface area contributed by atoms with Gasteiger partial charge in [0.1, 0.15) is 11.9 Å². The number of anilines is 1. The van der Waals surface area contributed by atoms with E-state index in [1.807, 2.05) is 6.20 Å². The van der Waals surface area contributed by atoms with E-state index in [4.69, 9.17) is 0 Å². The van der Waals surface area contributed by atoms with E-state index in [0.29, 0.717) is 0 Å². The third-order valence-electron chi connectivity index (χ3n) is 4.01. The molecule has 1 unspecified atom stereocenters. The number of carbonyl (C=O) groups is 1. The molecule has 1 aliphatic heterocycles. The lowest BCUT2D eigenvalue weighted by Crippen LogP contribution is -2.49. The van der Waals surface area contributed by atoms with E-state index in [0.717, 1.165) is 50.3 Å². The minimum atomic E-state index is -0.0884. The summed E-state index contributed by atoms with van der Waals surface area (Å²) in [5.41, 5.74) is 2.33. The molecule has 21 heavy (non-hydrogen) atoms. The number of hydrogen-bond acceptors (Lipinski definition) is 4. The molecule has 116 valence electrons. The van der Waals surface area contributed by atoms with Crippen molar-refractivity contribution >= 4 is 11.7 Å². The summed E-state index contributed by atoms with van der Waals surface area (Å²) in [7, 11) is 1.70. The van der Waals surface area contributed by atoms with Crippen molar-refractivity contribution in [3.63, 3.8) is 0 Å². The van der Waals surface area contributed by atoms with Gasteiger partial charge in [-0.05, 0) is 49.9 Å². The zero-order valence-electron chi connectivity index (χ0n) is 13.3. The van der Waals surface area contributed by atoms with Crippen LogP contribution >= 0.6 is 0 Å². The molecule has 0 spiro atoms. The SMILES string of the molecule is CCNCc1cnc(N2CCCCC2C(=O)NC)c(C)c1. The Labute approximate surface area is 127 Å². The molecule has 2 rings (SSSR count). The molecule has 0 saturated carbocycles. The van der Waals surface area contributed by atoms with Crippen molar-refractivity contribution in [2.24, 2.45) is 0 Å². The van der Waals surface area contributed by atoms with Crippen molar-refractivity contribution in [3.8, 4) is 0 Å². The smallest absolute Gasteiger partial charge is 0.242 e. The third kappa shape index (κ3) is 3.73. The number of amides is 1. The summed E-state index contributed by atoms with van der Waals surface area (Å²) >= 11 is 0. The van der Waals surface area contributed by atoms with Crippen LogP contribution in [0.5, 0.6) is 0 Å². The Bertz CT molecular complexity index is 489. The number of aryl methyl sites for hydroxylation is 1. The van der Waals surface area contributed by atoms with Crippen LogP contribution < -0.4 is 15.5 Å². The Kier molecular flexibility index (Phi) is 5.56. The number of pyridine rings is 1. The number of aromatic nitrogens is 1. The predicted octanol–water partition coefficient (Wildman–Crippen LogP) is 1.60. The first-order valence-corrected chi connectivity index (χ1v) is 7.81. The van der Waals surface area contributed by atoms with Gasteiger partial charge in [-0.25, -0.2) is 4.98 Å². The summed E-state index contributed by atoms with van der Waals surface area (Å²) in [6, 6.07) is 2.08. The van der Waals surface area contributed by atoms with Crippen LogP contribution in [-0.4, -0.2) is 37.1 Å². The summed E-state index contributed by atoms with van der Waals surface area (Å²) in [5.74, 6) is 1.04. The Balaban J connectivity index is 2.20. The maximum Gasteiger partial charge on any atom is 0.242 e. The van der Waals surface area contributed by atoms with Crippen LogP contribution in [0.4, 0.5) is 5.82 Å². The lowest BCUT2D eigenvalue weighted by atomic mass is 10.0. The lowest BCUT2D eigenvalue weighted by Gasteiger charge is -2.36. The fourth-order valence-corrected chi connectivity index (χ4v) is 2.92. The molecule has 0 radical (unpaired) electrons. The van der Waals surface area contributed by atoms with Crippen LogP contribution in [0.25, 0.3) is 0 Å². The number of rotatable bonds is 5. The Hall–Kier alpha value is -1.62. The van der Waals surface area contributed by atoms with Crippen molar-refractivity contribution in [1.29, 1.82) is 0 Å². The summed E-state index contributed by atoms with van der Waals surface area (Å²) in [6.07, 6.45) is 5.04. The van der Waals surface area contributed by atoms with Crippen LogP contribution in [0.3, 0.4) is 0 Å². The van der Waals surface area contributed by atoms with Gasteiger partial charge in [0.05, 0.1) is 0 Å². The standard InChI is InChI=1S/C16H26N4O/c1-4-18-10-13-9-12(2)15(19-11-13)20-8-6-5-7-14(20)16(21)17-3/h9,11,14,18H,4-8,10H2,1-3H3,(H,17,21). The van der Waals surface area contributed by atoms with E-state index >= 15 is 0 Å². The van der Waals surface area contributed by atoms with Gasteiger partial charge < -0.3 is 15.5 Å². The fourth-order valence-electron chi connectivity index (χ4n) is 2.92. The average Bonchev–Trinajstić information content (AvgIpc) is 2.52. The number of likely N-dealkylation sites (N-methyl/N-ethyl adjacent to an activating group) is 1. The molecule has 2 N–H and O–H groups in total. The largest absolute Gasteiger partial charge is 0.357 e. The Morgan fingerprint density at radius 2 is 2.29 bits per heavy atom. The van der Waals surface area contributed by atoms with E-state index in [-0.39, 0.29) is 11.9 Å². The van der Waals surface area contributed by atoms with Crippen molar-refractivity contribution in [1.82, 2.24) is 15.6 Å². The molecular weight excluding hydrogens is 264 g/mol. The van der Waals surface area contributed by atoms with E-state index in [2.05, 4.69) is 40.4 Å². The molecule has 0 aliphatic carbocycles. The molecule has 1 aromatic heterocycles. The third-order valence-corrected chi connectivity index (χ3v) is 4.01. The molecule has 1 aliphatic rings. The number of carbonyl (C=O) groups excluding carboxylic acids is 1. The van der Waals surface area contributed by atoms with Crippen molar-refractivity contribution in [3.05, 3.63) is 23.4 Å². The van der Waals surface area contributed by atoms with E-state index in [1.165, 1.54) is 5.56 Å². The Morgan fingerprint density at radius 3 is 2.95 bits per heavy atom. The highest BCUT2D eigenvalue weighted by Crippen LogP contribution is 2.26. The molecule has 1 atom stereocenters. The van der Waals surface area contributed by atoms with Crippen molar-refractivity contribution in [2.45, 2.75) is 45.7 Å². The molecule has 2 heterocycles. The number of hydrogen-bond donors (Lipinski definition) is 2. The van der Waals surface area contributed by atoms with Gasteiger partial charge in [0, 0.05) is 26.3 Å². The first-order valence-electron chi connectivity index (χ1n) is 7.81. The van der Waals surface area contributed by atoms with Gasteiger partial charge in [0.15, 0.2) is 0 Å². The molecule has 1 aromatic rings. The second-order valence-electron chi connectivity index (χ2n) is 5.58. The van der Waals surface area contributed by atoms with Crippen LogP contribution in [-0.2, 0) is 11.3 Å². The highest BCUT2D eigenvalue weighted by atomic mass is 16.2. The molecular formula is C16H26N4O. The van der Waals surface area contributed by atoms with Gasteiger partial charge >= 0.3 is 0 Å².